The van der Waals surface area contributed by atoms with E-state index in [0.29, 0.717) is 6.04 Å². The second-order valence-corrected chi connectivity index (χ2v) is 11.6. The zero-order valence-electron chi connectivity index (χ0n) is 18.3. The zero-order valence-corrected chi connectivity index (χ0v) is 23.4. The van der Waals surface area contributed by atoms with Gasteiger partial charge in [-0.2, -0.15) is 24.3 Å². The van der Waals surface area contributed by atoms with Gasteiger partial charge in [-0.3, -0.25) is 0 Å². The second kappa shape index (κ2) is 16.8. The fraction of sp³-hybridized carbons (Fsp3) is 0.154. The summed E-state index contributed by atoms with van der Waals surface area (Å²) in [6, 6.07) is 39.0. The summed E-state index contributed by atoms with van der Waals surface area (Å²) in [6.45, 7) is 2.28. The molecule has 0 bridgehead atoms. The Labute approximate surface area is 221 Å². The summed E-state index contributed by atoms with van der Waals surface area (Å²) >= 11 is -0.106. The smallest absolute Gasteiger partial charge is 0.214 e. The van der Waals surface area contributed by atoms with Gasteiger partial charge in [0.15, 0.2) is 0 Å². The Kier molecular flexibility index (Phi) is 15.4. The van der Waals surface area contributed by atoms with Crippen molar-refractivity contribution < 1.29 is 33.0 Å². The SMILES string of the molecule is C[C@H]([c-]1cccc1P(c1ccccc1)c1ccccc1)N(C)C.[Cl][Pd][Cl].[Fe+2].c1cc[cH-]c1. The maximum Gasteiger partial charge on any atom is 2.00 e. The molecule has 0 unspecified atom stereocenters. The number of hydrogen-bond acceptors (Lipinski definition) is 1. The molecular weight excluding hydrogens is 590 g/mol. The quantitative estimate of drug-likeness (QED) is 0.139. The van der Waals surface area contributed by atoms with Gasteiger partial charge in [-0.15, -0.1) is 10.9 Å². The predicted octanol–water partition coefficient (Wildman–Crippen LogP) is 6.57. The Hall–Kier alpha value is -0.708. The summed E-state index contributed by atoms with van der Waals surface area (Å²) in [5.41, 5.74) is 1.44. The van der Waals surface area contributed by atoms with E-state index in [2.05, 4.69) is 105 Å². The normalized spacial score (nSPS) is 11.1. The molecule has 0 aromatic heterocycles. The van der Waals surface area contributed by atoms with Crippen LogP contribution in [-0.2, 0) is 33.0 Å². The van der Waals surface area contributed by atoms with E-state index >= 15 is 0 Å². The van der Waals surface area contributed by atoms with E-state index in [9.17, 15) is 0 Å². The largest absolute Gasteiger partial charge is 2.00 e. The number of hydrogen-bond donors (Lipinski definition) is 0. The van der Waals surface area contributed by atoms with Crippen LogP contribution in [0.15, 0.2) is 109 Å². The van der Waals surface area contributed by atoms with Crippen LogP contribution in [0.4, 0.5) is 0 Å². The minimum absolute atomic E-state index is 0. The van der Waals surface area contributed by atoms with Gasteiger partial charge in [0.1, 0.15) is 0 Å². The van der Waals surface area contributed by atoms with Crippen LogP contribution < -0.4 is 15.9 Å². The van der Waals surface area contributed by atoms with Gasteiger partial charge in [0.2, 0.25) is 0 Å². The average molecular weight is 619 g/mol. The first-order valence-electron chi connectivity index (χ1n) is 9.91. The maximum absolute atomic E-state index is 4.81. The van der Waals surface area contributed by atoms with Crippen LogP contribution in [0, 0.1) is 0 Å². The molecule has 0 amide bonds. The third-order valence-corrected chi connectivity index (χ3v) is 7.39. The van der Waals surface area contributed by atoms with E-state index in [4.69, 9.17) is 19.1 Å². The molecule has 0 saturated heterocycles. The van der Waals surface area contributed by atoms with Crippen LogP contribution in [0.2, 0.25) is 0 Å². The van der Waals surface area contributed by atoms with Crippen molar-refractivity contribution in [1.29, 1.82) is 0 Å². The minimum atomic E-state index is -0.514. The van der Waals surface area contributed by atoms with Crippen molar-refractivity contribution in [3.63, 3.8) is 0 Å². The first-order valence-corrected chi connectivity index (χ1v) is 15.3. The molecule has 0 radical (unpaired) electrons. The van der Waals surface area contributed by atoms with E-state index in [1.54, 1.807) is 0 Å². The molecule has 6 heteroatoms. The topological polar surface area (TPSA) is 3.24 Å². The molecule has 1 nitrogen and oxygen atoms in total. The van der Waals surface area contributed by atoms with E-state index in [-0.39, 0.29) is 33.0 Å². The fourth-order valence-corrected chi connectivity index (χ4v) is 5.71. The zero-order chi connectivity index (χ0) is 22.5. The second-order valence-electron chi connectivity index (χ2n) is 7.02. The van der Waals surface area contributed by atoms with Gasteiger partial charge in [-0.1, -0.05) is 67.6 Å². The van der Waals surface area contributed by atoms with Crippen molar-refractivity contribution in [3.8, 4) is 0 Å². The Morgan fingerprint density at radius 2 is 1.28 bits per heavy atom. The van der Waals surface area contributed by atoms with Gasteiger partial charge in [-0.25, -0.2) is 24.3 Å². The molecule has 4 rings (SSSR count). The summed E-state index contributed by atoms with van der Waals surface area (Å²) in [4.78, 5) is 2.28. The first kappa shape index (κ1) is 29.3. The molecule has 0 aliphatic rings. The van der Waals surface area contributed by atoms with Gasteiger partial charge in [0.25, 0.3) is 0 Å². The molecule has 0 fully saturated rings. The number of benzene rings is 2. The van der Waals surface area contributed by atoms with E-state index in [1.165, 1.54) is 21.5 Å². The van der Waals surface area contributed by atoms with Gasteiger partial charge in [0.05, 0.1) is 0 Å². The molecule has 174 valence electrons. The van der Waals surface area contributed by atoms with Crippen LogP contribution in [0.1, 0.15) is 18.5 Å². The van der Waals surface area contributed by atoms with Gasteiger partial charge >= 0.3 is 52.1 Å². The number of halogens is 2. The summed E-state index contributed by atoms with van der Waals surface area (Å²) < 4.78 is 0. The summed E-state index contributed by atoms with van der Waals surface area (Å²) in [7, 11) is 13.4. The fourth-order valence-electron chi connectivity index (χ4n) is 3.16. The van der Waals surface area contributed by atoms with Crippen molar-refractivity contribution in [3.05, 3.63) is 115 Å². The van der Waals surface area contributed by atoms with Crippen LogP contribution >= 0.6 is 27.0 Å². The van der Waals surface area contributed by atoms with Gasteiger partial charge < -0.3 is 4.90 Å². The molecule has 4 aromatic carbocycles. The van der Waals surface area contributed by atoms with Crippen LogP contribution in [0.25, 0.3) is 0 Å². The number of rotatable bonds is 5. The Bertz CT molecular complexity index is 890. The molecule has 0 aliphatic heterocycles. The molecule has 0 heterocycles. The summed E-state index contributed by atoms with van der Waals surface area (Å²) in [5, 5.41) is 4.29. The molecular formula is C26H28Cl2FeNPPd. The van der Waals surface area contributed by atoms with Gasteiger partial charge in [-0.05, 0) is 38.7 Å². The first-order chi connectivity index (χ1) is 15.1. The van der Waals surface area contributed by atoms with E-state index < -0.39 is 7.92 Å². The minimum Gasteiger partial charge on any atom is -0.214 e. The van der Waals surface area contributed by atoms with Crippen molar-refractivity contribution in [2.75, 3.05) is 14.1 Å². The number of nitrogens with zero attached hydrogens (tertiary/aromatic N) is 1. The standard InChI is InChI=1S/C21H23NP.C5H5.2ClH.Fe.Pd/c1-17(22(2)3)20-15-10-16-21(20)23(18-11-6-4-7-12-18)19-13-8-5-9-14-19;1-2-4-5-3-1;;;;/h4-17H,1-3H3;1-5H;2*1H;;/q2*-1;;;2*+2/p-2/t17-;;;;;/m1...../s1. The van der Waals surface area contributed by atoms with Crippen molar-refractivity contribution in [2.45, 2.75) is 13.0 Å². The summed E-state index contributed by atoms with van der Waals surface area (Å²) in [6.07, 6.45) is 0. The van der Waals surface area contributed by atoms with Crippen molar-refractivity contribution in [1.82, 2.24) is 4.90 Å². The monoisotopic (exact) mass is 617 g/mol. The molecule has 0 saturated carbocycles. The van der Waals surface area contributed by atoms with Gasteiger partial charge in [0, 0.05) is 0 Å². The Morgan fingerprint density at radius 3 is 1.66 bits per heavy atom. The van der Waals surface area contributed by atoms with Crippen molar-refractivity contribution in [2.24, 2.45) is 0 Å². The molecule has 0 spiro atoms. The van der Waals surface area contributed by atoms with Crippen LogP contribution in [0.5, 0.6) is 0 Å². The average Bonchev–Trinajstić information content (AvgIpc) is 3.51. The third kappa shape index (κ3) is 9.27. The van der Waals surface area contributed by atoms with E-state index in [0.717, 1.165) is 0 Å². The predicted molar refractivity (Wildman–Crippen MR) is 137 cm³/mol. The summed E-state index contributed by atoms with van der Waals surface area (Å²) in [5.74, 6) is 0. The van der Waals surface area contributed by atoms with E-state index in [1.807, 2.05) is 30.3 Å². The molecule has 1 atom stereocenters. The Morgan fingerprint density at radius 1 is 0.812 bits per heavy atom. The maximum atomic E-state index is 4.81. The molecule has 0 aliphatic carbocycles. The van der Waals surface area contributed by atoms with Crippen molar-refractivity contribution >= 4 is 42.9 Å². The van der Waals surface area contributed by atoms with Crippen LogP contribution in [0.3, 0.4) is 0 Å². The molecule has 4 aromatic rings. The van der Waals surface area contributed by atoms with Crippen LogP contribution in [-0.4, -0.2) is 19.0 Å². The molecule has 32 heavy (non-hydrogen) atoms. The third-order valence-electron chi connectivity index (χ3n) is 4.88. The molecule has 0 N–H and O–H groups in total. The Balaban J connectivity index is 0.000000485.